The number of hydrogen-bond acceptors (Lipinski definition) is 5. The Morgan fingerprint density at radius 1 is 0.844 bits per heavy atom. The Balaban J connectivity index is 1.59. The van der Waals surface area contributed by atoms with E-state index < -0.39 is 14.9 Å². The summed E-state index contributed by atoms with van der Waals surface area (Å²) in [6.07, 6.45) is 0.261. The first-order valence-electron chi connectivity index (χ1n) is 11.3. The van der Waals surface area contributed by atoms with Crippen LogP contribution in [-0.4, -0.2) is 41.3 Å². The van der Waals surface area contributed by atoms with Crippen LogP contribution in [0.1, 0.15) is 32.8 Å². The molecule has 6 nitrogen and oxygen atoms in total. The zero-order valence-corrected chi connectivity index (χ0v) is 20.2. The molecule has 0 spiro atoms. The number of nitrogens with one attached hydrogen (secondary N) is 1. The fourth-order valence-corrected chi connectivity index (χ4v) is 6.56. The minimum absolute atomic E-state index is 0.212. The van der Waals surface area contributed by atoms with Crippen LogP contribution in [0.15, 0.2) is 54.6 Å². The second kappa shape index (κ2) is 12.0. The van der Waals surface area contributed by atoms with Gasteiger partial charge < -0.3 is 23.3 Å². The summed E-state index contributed by atoms with van der Waals surface area (Å²) in [5.41, 5.74) is 1.02. The molecule has 0 fully saturated rings. The van der Waals surface area contributed by atoms with E-state index in [1.54, 1.807) is 0 Å². The highest BCUT2D eigenvalue weighted by Crippen LogP contribution is 2.29. The summed E-state index contributed by atoms with van der Waals surface area (Å²) in [5.74, 6) is 0. The number of alkyl carbamates (subject to hydrolysis) is 1. The minimum Gasteiger partial charge on any atom is -0.445 e. The van der Waals surface area contributed by atoms with Crippen LogP contribution in [0.4, 0.5) is 4.79 Å². The van der Waals surface area contributed by atoms with Gasteiger partial charge in [0.2, 0.25) is 0 Å². The van der Waals surface area contributed by atoms with Gasteiger partial charge in [-0.25, -0.2) is 4.79 Å². The van der Waals surface area contributed by atoms with Crippen LogP contribution in [0.5, 0.6) is 0 Å². The minimum atomic E-state index is -2.69. The number of amides is 1. The number of benzene rings is 3. The topological polar surface area (TPSA) is 66.0 Å². The van der Waals surface area contributed by atoms with Gasteiger partial charge in [-0.2, -0.15) is 0 Å². The SMILES string of the molecule is CCO[Si](CCCNC(=O)OCc1c2ccccc2cc2ccccc12)(OCC)OCC. The molecule has 0 saturated heterocycles. The van der Waals surface area contributed by atoms with Crippen LogP contribution >= 0.6 is 0 Å². The summed E-state index contributed by atoms with van der Waals surface area (Å²) in [4.78, 5) is 12.4. The molecule has 1 amide bonds. The predicted octanol–water partition coefficient (Wildman–Crippen LogP) is 5.66. The van der Waals surface area contributed by atoms with Crippen molar-refractivity contribution in [3.63, 3.8) is 0 Å². The van der Waals surface area contributed by atoms with Crippen molar-refractivity contribution in [3.05, 3.63) is 60.2 Å². The number of hydrogen-bond donors (Lipinski definition) is 1. The number of rotatable bonds is 12. The Hall–Kier alpha value is -2.45. The molecule has 7 heteroatoms. The van der Waals surface area contributed by atoms with E-state index in [2.05, 4.69) is 35.6 Å². The zero-order chi connectivity index (χ0) is 22.8. The molecule has 3 aromatic rings. The van der Waals surface area contributed by atoms with Crippen LogP contribution in [0.2, 0.25) is 6.04 Å². The largest absolute Gasteiger partial charge is 0.500 e. The lowest BCUT2D eigenvalue weighted by Gasteiger charge is -2.28. The second-order valence-corrected chi connectivity index (χ2v) is 10.1. The van der Waals surface area contributed by atoms with Crippen molar-refractivity contribution in [2.75, 3.05) is 26.4 Å². The van der Waals surface area contributed by atoms with E-state index in [9.17, 15) is 4.79 Å². The van der Waals surface area contributed by atoms with Crippen molar-refractivity contribution < 1.29 is 22.8 Å². The van der Waals surface area contributed by atoms with E-state index in [1.165, 1.54) is 0 Å². The van der Waals surface area contributed by atoms with Crippen molar-refractivity contribution in [3.8, 4) is 0 Å². The highest BCUT2D eigenvalue weighted by Gasteiger charge is 2.39. The molecule has 3 rings (SSSR count). The molecular formula is C25H33NO5Si. The molecule has 1 N–H and O–H groups in total. The molecule has 0 saturated carbocycles. The normalized spacial score (nSPS) is 11.7. The Morgan fingerprint density at radius 2 is 1.38 bits per heavy atom. The van der Waals surface area contributed by atoms with E-state index in [0.717, 1.165) is 27.1 Å². The molecule has 0 aliphatic heterocycles. The first-order valence-corrected chi connectivity index (χ1v) is 13.3. The number of fused-ring (bicyclic) bond motifs is 2. The maximum atomic E-state index is 12.4. The van der Waals surface area contributed by atoms with Crippen LogP contribution < -0.4 is 5.32 Å². The standard InChI is InChI=1S/C25H33NO5Si/c1-4-29-32(30-5-2,31-6-3)17-11-16-26-25(27)28-19-24-22-14-9-7-12-20(22)18-21-13-8-10-15-23(21)24/h7-10,12-15,18H,4-6,11,16-17,19H2,1-3H3,(H,26,27). The van der Waals surface area contributed by atoms with Crippen molar-refractivity contribution in [1.29, 1.82) is 0 Å². The lowest BCUT2D eigenvalue weighted by molar-refractivity contribution is 0.0706. The molecule has 3 aromatic carbocycles. The van der Waals surface area contributed by atoms with Gasteiger partial charge in [0, 0.05) is 38.0 Å². The van der Waals surface area contributed by atoms with Gasteiger partial charge >= 0.3 is 14.9 Å². The van der Waals surface area contributed by atoms with Crippen molar-refractivity contribution in [2.24, 2.45) is 0 Å². The molecule has 0 heterocycles. The van der Waals surface area contributed by atoms with E-state index in [0.29, 0.717) is 38.8 Å². The van der Waals surface area contributed by atoms with Gasteiger partial charge in [-0.1, -0.05) is 48.5 Å². The summed E-state index contributed by atoms with van der Waals surface area (Å²) < 4.78 is 23.2. The Morgan fingerprint density at radius 3 is 1.91 bits per heavy atom. The highest BCUT2D eigenvalue weighted by molar-refractivity contribution is 6.60. The number of ether oxygens (including phenoxy) is 1. The summed E-state index contributed by atoms with van der Waals surface area (Å²) in [7, 11) is -2.69. The van der Waals surface area contributed by atoms with E-state index in [4.69, 9.17) is 18.0 Å². The summed E-state index contributed by atoms with van der Waals surface area (Å²) >= 11 is 0. The Kier molecular flexibility index (Phi) is 9.05. The quantitative estimate of drug-likeness (QED) is 0.217. The van der Waals surface area contributed by atoms with Crippen LogP contribution in [-0.2, 0) is 24.6 Å². The molecular weight excluding hydrogens is 422 g/mol. The van der Waals surface area contributed by atoms with Gasteiger partial charge in [0.25, 0.3) is 0 Å². The second-order valence-electron chi connectivity index (χ2n) is 7.39. The lowest BCUT2D eigenvalue weighted by atomic mass is 9.97. The van der Waals surface area contributed by atoms with Gasteiger partial charge in [-0.15, -0.1) is 0 Å². The fraction of sp³-hybridized carbons (Fsp3) is 0.400. The Labute approximate surface area is 191 Å². The summed E-state index contributed by atoms with van der Waals surface area (Å²) in [5, 5.41) is 7.30. The monoisotopic (exact) mass is 455 g/mol. The predicted molar refractivity (Wildman–Crippen MR) is 130 cm³/mol. The third-order valence-corrected chi connectivity index (χ3v) is 8.40. The van der Waals surface area contributed by atoms with Crippen molar-refractivity contribution in [2.45, 2.75) is 39.8 Å². The zero-order valence-electron chi connectivity index (χ0n) is 19.2. The third-order valence-electron chi connectivity index (χ3n) is 5.25. The first kappa shape index (κ1) is 24.2. The Bertz CT molecular complexity index is 955. The van der Waals surface area contributed by atoms with E-state index in [-0.39, 0.29) is 6.61 Å². The van der Waals surface area contributed by atoms with Crippen molar-refractivity contribution >= 4 is 36.4 Å². The number of carbonyl (C=O) groups excluding carboxylic acids is 1. The summed E-state index contributed by atoms with van der Waals surface area (Å²) in [6.45, 7) is 8.12. The average molecular weight is 456 g/mol. The van der Waals surface area contributed by atoms with Crippen LogP contribution in [0, 0.1) is 0 Å². The van der Waals surface area contributed by atoms with Gasteiger partial charge in [0.1, 0.15) is 6.61 Å². The molecule has 172 valence electrons. The highest BCUT2D eigenvalue weighted by atomic mass is 28.4. The van der Waals surface area contributed by atoms with Gasteiger partial charge in [0.05, 0.1) is 0 Å². The number of carbonyl (C=O) groups is 1. The molecule has 32 heavy (non-hydrogen) atoms. The van der Waals surface area contributed by atoms with Crippen LogP contribution in [0.25, 0.3) is 21.5 Å². The lowest BCUT2D eigenvalue weighted by Crippen LogP contribution is -2.46. The van der Waals surface area contributed by atoms with Gasteiger partial charge in [-0.3, -0.25) is 0 Å². The molecule has 0 atom stereocenters. The van der Waals surface area contributed by atoms with Crippen molar-refractivity contribution in [1.82, 2.24) is 5.32 Å². The first-order chi connectivity index (χ1) is 15.6. The van der Waals surface area contributed by atoms with Crippen LogP contribution in [0.3, 0.4) is 0 Å². The summed E-state index contributed by atoms with van der Waals surface area (Å²) in [6, 6.07) is 19.2. The molecule has 0 aliphatic carbocycles. The van der Waals surface area contributed by atoms with Gasteiger partial charge in [-0.05, 0) is 54.8 Å². The van der Waals surface area contributed by atoms with Gasteiger partial charge in [0.15, 0.2) is 0 Å². The average Bonchev–Trinajstić information content (AvgIpc) is 2.80. The van der Waals surface area contributed by atoms with E-state index in [1.807, 2.05) is 45.0 Å². The molecule has 0 radical (unpaired) electrons. The van der Waals surface area contributed by atoms with E-state index >= 15 is 0 Å². The molecule has 0 aliphatic rings. The fourth-order valence-electron chi connectivity index (χ4n) is 3.95. The molecule has 0 bridgehead atoms. The molecule has 0 unspecified atom stereocenters. The smallest absolute Gasteiger partial charge is 0.445 e. The maximum Gasteiger partial charge on any atom is 0.500 e. The molecule has 0 aromatic heterocycles. The maximum absolute atomic E-state index is 12.4. The third kappa shape index (κ3) is 6.07.